The summed E-state index contributed by atoms with van der Waals surface area (Å²) in [5, 5.41) is 14.7. The van der Waals surface area contributed by atoms with Gasteiger partial charge in [-0.15, -0.1) is 0 Å². The fourth-order valence-electron chi connectivity index (χ4n) is 4.42. The molecule has 0 aromatic heterocycles. The minimum absolute atomic E-state index is 0.0113. The highest BCUT2D eigenvalue weighted by atomic mass is 31.1. The van der Waals surface area contributed by atoms with Crippen LogP contribution in [0.3, 0.4) is 0 Å². The number of benzene rings is 3. The quantitative estimate of drug-likeness (QED) is 0.186. The van der Waals surface area contributed by atoms with Crippen LogP contribution in [0.15, 0.2) is 84.9 Å². The molecule has 43 heavy (non-hydrogen) atoms. The lowest BCUT2D eigenvalue weighted by Gasteiger charge is -2.31. The van der Waals surface area contributed by atoms with E-state index in [1.54, 1.807) is 32.9 Å². The average molecular weight is 608 g/mol. The molecule has 3 rings (SSSR count). The second-order valence-corrected chi connectivity index (χ2v) is 12.4. The Labute approximate surface area is 254 Å². The van der Waals surface area contributed by atoms with Crippen LogP contribution in [0.1, 0.15) is 45.7 Å². The molecule has 0 saturated heterocycles. The first kappa shape index (κ1) is 33.4. The molecule has 0 heterocycles. The Morgan fingerprint density at radius 2 is 1.37 bits per heavy atom. The molecule has 0 bridgehead atoms. The van der Waals surface area contributed by atoms with Gasteiger partial charge in [-0.2, -0.15) is 0 Å². The van der Waals surface area contributed by atoms with Crippen molar-refractivity contribution in [1.82, 2.24) is 10.6 Å². The van der Waals surface area contributed by atoms with Crippen LogP contribution in [0.4, 0.5) is 4.79 Å². The number of nitrogens with one attached hydrogen (secondary N) is 2. The van der Waals surface area contributed by atoms with E-state index < -0.39 is 55.4 Å². The lowest BCUT2D eigenvalue weighted by atomic mass is 9.88. The monoisotopic (exact) mass is 607 g/mol. The van der Waals surface area contributed by atoms with Gasteiger partial charge in [-0.05, 0) is 63.3 Å². The zero-order valence-corrected chi connectivity index (χ0v) is 26.1. The number of amides is 2. The standard InChI is InChI=1S/C33H39N2O7P/c1-22(30(37)42-32(3,4)5)34-29(36)28(20-24-16-18-27(19-17-24)26-14-10-7-11-15-26)33(39,43-40)23(2)35-31(38)41-21-25-12-8-6-9-13-25/h6-19,22-23,28,39H,20-21H2,1-5H3,(H,34,36)(H,35,38)/p+1. The van der Waals surface area contributed by atoms with E-state index in [1.165, 1.54) is 13.8 Å². The highest BCUT2D eigenvalue weighted by Gasteiger charge is 2.54. The molecule has 2 amide bonds. The molecule has 0 spiro atoms. The first-order chi connectivity index (χ1) is 20.3. The van der Waals surface area contributed by atoms with Crippen LogP contribution < -0.4 is 10.6 Å². The summed E-state index contributed by atoms with van der Waals surface area (Å²) in [7, 11) is -1.40. The van der Waals surface area contributed by atoms with Crippen LogP contribution in [-0.2, 0) is 36.7 Å². The van der Waals surface area contributed by atoms with E-state index in [1.807, 2.05) is 72.8 Å². The molecule has 5 unspecified atom stereocenters. The highest BCUT2D eigenvalue weighted by Crippen LogP contribution is 2.36. The van der Waals surface area contributed by atoms with Crippen LogP contribution in [0.25, 0.3) is 11.1 Å². The fourth-order valence-corrected chi connectivity index (χ4v) is 5.05. The Morgan fingerprint density at radius 1 is 0.814 bits per heavy atom. The number of alkyl carbamates (subject to hydrolysis) is 1. The largest absolute Gasteiger partial charge is 0.458 e. The smallest absolute Gasteiger partial charge is 0.407 e. The van der Waals surface area contributed by atoms with E-state index in [2.05, 4.69) is 10.6 Å². The Hall–Kier alpha value is -4.07. The Morgan fingerprint density at radius 3 is 1.93 bits per heavy atom. The Balaban J connectivity index is 1.83. The zero-order chi connectivity index (χ0) is 31.6. The lowest BCUT2D eigenvalue weighted by molar-refractivity contribution is -0.158. The van der Waals surface area contributed by atoms with Crippen molar-refractivity contribution >= 4 is 26.4 Å². The van der Waals surface area contributed by atoms with E-state index in [0.29, 0.717) is 5.56 Å². The fraction of sp³-hybridized carbons (Fsp3) is 0.364. The number of carbonyl (C=O) groups is 3. The van der Waals surface area contributed by atoms with Gasteiger partial charge in [0.1, 0.15) is 30.2 Å². The van der Waals surface area contributed by atoms with Crippen molar-refractivity contribution in [3.05, 3.63) is 96.1 Å². The molecule has 9 nitrogen and oxygen atoms in total. The van der Waals surface area contributed by atoms with Gasteiger partial charge in [0.25, 0.3) is 5.34 Å². The van der Waals surface area contributed by atoms with Crippen LogP contribution in [0.5, 0.6) is 0 Å². The molecular weight excluding hydrogens is 567 g/mol. The second kappa shape index (κ2) is 14.9. The summed E-state index contributed by atoms with van der Waals surface area (Å²) < 4.78 is 23.3. The van der Waals surface area contributed by atoms with E-state index in [-0.39, 0.29) is 13.0 Å². The molecule has 0 aliphatic rings. The summed E-state index contributed by atoms with van der Waals surface area (Å²) in [4.78, 5) is 38.9. The third kappa shape index (κ3) is 9.73. The van der Waals surface area contributed by atoms with E-state index in [4.69, 9.17) is 9.47 Å². The summed E-state index contributed by atoms with van der Waals surface area (Å²) in [5.74, 6) is -2.70. The lowest BCUT2D eigenvalue weighted by Crippen LogP contribution is -2.57. The third-order valence-corrected chi connectivity index (χ3v) is 7.95. The summed E-state index contributed by atoms with van der Waals surface area (Å²) in [6.45, 7) is 8.04. The number of ether oxygens (including phenoxy) is 2. The van der Waals surface area contributed by atoms with Gasteiger partial charge in [-0.1, -0.05) is 89.5 Å². The summed E-state index contributed by atoms with van der Waals surface area (Å²) >= 11 is 0. The van der Waals surface area contributed by atoms with E-state index >= 15 is 0 Å². The van der Waals surface area contributed by atoms with Crippen LogP contribution in [-0.4, -0.2) is 46.1 Å². The second-order valence-electron chi connectivity index (χ2n) is 11.4. The van der Waals surface area contributed by atoms with Crippen LogP contribution in [0, 0.1) is 5.92 Å². The molecule has 228 valence electrons. The molecule has 0 aliphatic carbocycles. The number of esters is 1. The predicted octanol–water partition coefficient (Wildman–Crippen LogP) is 5.39. The number of carbonyl (C=O) groups excluding carboxylic acids is 3. The van der Waals surface area contributed by atoms with Gasteiger partial charge in [0.15, 0.2) is 0 Å². The van der Waals surface area contributed by atoms with Crippen molar-refractivity contribution < 1.29 is 33.5 Å². The molecule has 5 atom stereocenters. The van der Waals surface area contributed by atoms with Crippen LogP contribution in [0.2, 0.25) is 0 Å². The molecular formula is C33H40N2O7P+. The van der Waals surface area contributed by atoms with Gasteiger partial charge in [0, 0.05) is 0 Å². The maximum atomic E-state index is 13.7. The molecule has 3 N–H and O–H groups in total. The van der Waals surface area contributed by atoms with Gasteiger partial charge in [0.2, 0.25) is 5.91 Å². The highest BCUT2D eigenvalue weighted by molar-refractivity contribution is 7.25. The van der Waals surface area contributed by atoms with Gasteiger partial charge in [0.05, 0.1) is 0 Å². The number of hydrogen-bond acceptors (Lipinski definition) is 7. The molecule has 0 saturated carbocycles. The van der Waals surface area contributed by atoms with Gasteiger partial charge >= 0.3 is 20.5 Å². The zero-order valence-electron chi connectivity index (χ0n) is 25.1. The average Bonchev–Trinajstić information content (AvgIpc) is 2.98. The minimum Gasteiger partial charge on any atom is -0.458 e. The minimum atomic E-state index is -2.21. The molecule has 3 aromatic rings. The summed E-state index contributed by atoms with van der Waals surface area (Å²) in [6, 6.07) is 24.0. The normalized spacial score (nSPS) is 14.9. The first-order valence-electron chi connectivity index (χ1n) is 14.1. The Bertz CT molecular complexity index is 1380. The van der Waals surface area contributed by atoms with Crippen molar-refractivity contribution in [3.63, 3.8) is 0 Å². The van der Waals surface area contributed by atoms with Crippen molar-refractivity contribution in [3.8, 4) is 11.1 Å². The summed E-state index contributed by atoms with van der Waals surface area (Å²) in [5.41, 5.74) is 2.64. The molecule has 0 aliphatic heterocycles. The van der Waals surface area contributed by atoms with Crippen molar-refractivity contribution in [2.75, 3.05) is 0 Å². The molecule has 0 radical (unpaired) electrons. The maximum Gasteiger partial charge on any atom is 0.407 e. The number of rotatable bonds is 12. The number of aliphatic hydroxyl groups is 1. The van der Waals surface area contributed by atoms with Gasteiger partial charge < -0.3 is 25.2 Å². The van der Waals surface area contributed by atoms with Crippen molar-refractivity contribution in [2.45, 2.75) is 70.7 Å². The predicted molar refractivity (Wildman–Crippen MR) is 166 cm³/mol. The SMILES string of the molecule is CC(NC(=O)C(Cc1ccc(-c2ccccc2)cc1)C(O)([PH+]=O)C(C)NC(=O)OCc1ccccc1)C(=O)OC(C)(C)C. The van der Waals surface area contributed by atoms with Crippen molar-refractivity contribution in [1.29, 1.82) is 0 Å². The van der Waals surface area contributed by atoms with E-state index in [0.717, 1.165) is 16.7 Å². The maximum absolute atomic E-state index is 13.7. The topological polar surface area (TPSA) is 131 Å². The molecule has 0 fully saturated rings. The van der Waals surface area contributed by atoms with E-state index in [9.17, 15) is 24.1 Å². The summed E-state index contributed by atoms with van der Waals surface area (Å²) in [6.07, 6.45) is -0.875. The molecule has 10 heteroatoms. The van der Waals surface area contributed by atoms with Gasteiger partial charge in [-0.25, -0.2) is 9.59 Å². The number of hydrogen-bond donors (Lipinski definition) is 3. The Kier molecular flexibility index (Phi) is 11.6. The van der Waals surface area contributed by atoms with Crippen molar-refractivity contribution in [2.24, 2.45) is 5.92 Å². The molecule has 3 aromatic carbocycles. The third-order valence-electron chi connectivity index (χ3n) is 6.84. The first-order valence-corrected chi connectivity index (χ1v) is 15.0. The van der Waals surface area contributed by atoms with Gasteiger partial charge in [-0.3, -0.25) is 4.79 Å². The van der Waals surface area contributed by atoms with Crippen LogP contribution >= 0.6 is 8.46 Å².